The Kier molecular flexibility index (Phi) is 5.31. The lowest BCUT2D eigenvalue weighted by Gasteiger charge is -2.10. The fourth-order valence-corrected chi connectivity index (χ4v) is 2.63. The van der Waals surface area contributed by atoms with Gasteiger partial charge in [-0.05, 0) is 48.0 Å². The third kappa shape index (κ3) is 3.93. The van der Waals surface area contributed by atoms with Gasteiger partial charge in [-0.3, -0.25) is 14.6 Å². The number of carbonyl (C=O) groups excluding carboxylic acids is 1. The summed E-state index contributed by atoms with van der Waals surface area (Å²) in [5.74, 6) is -2.20. The number of aromatic nitrogens is 2. The fourth-order valence-electron chi connectivity index (χ4n) is 2.63. The van der Waals surface area contributed by atoms with Crippen molar-refractivity contribution < 1.29 is 24.1 Å². The van der Waals surface area contributed by atoms with Crippen molar-refractivity contribution in [2.45, 2.75) is 0 Å². The van der Waals surface area contributed by atoms with Gasteiger partial charge in [0, 0.05) is 0 Å². The van der Waals surface area contributed by atoms with Crippen molar-refractivity contribution >= 4 is 11.9 Å². The zero-order valence-corrected chi connectivity index (χ0v) is 15.0. The number of halogens is 1. The quantitative estimate of drug-likeness (QED) is 0.446. The van der Waals surface area contributed by atoms with Crippen LogP contribution in [0.3, 0.4) is 0 Å². The molecule has 3 rings (SSSR count). The number of nitrogens with zero attached hydrogens (tertiary/aromatic N) is 1. The highest BCUT2D eigenvalue weighted by Crippen LogP contribution is 2.27. The van der Waals surface area contributed by atoms with Gasteiger partial charge in [-0.2, -0.15) is 0 Å². The molecule has 0 aliphatic rings. The highest BCUT2D eigenvalue weighted by atomic mass is 19.1. The lowest BCUT2D eigenvalue weighted by atomic mass is 10.1. The van der Waals surface area contributed by atoms with Gasteiger partial charge in [0.1, 0.15) is 11.4 Å². The number of ether oxygens (including phenoxy) is 1. The molecule has 2 aromatic carbocycles. The normalized spacial score (nSPS) is 11.0. The molecule has 0 saturated carbocycles. The van der Waals surface area contributed by atoms with Crippen molar-refractivity contribution in [3.8, 4) is 23.1 Å². The van der Waals surface area contributed by atoms with Crippen LogP contribution in [0, 0.1) is 5.82 Å². The van der Waals surface area contributed by atoms with Crippen molar-refractivity contribution in [3.05, 3.63) is 86.3 Å². The van der Waals surface area contributed by atoms with Gasteiger partial charge in [0.05, 0.1) is 12.8 Å². The molecule has 0 radical (unpaired) electrons. The average molecular weight is 398 g/mol. The van der Waals surface area contributed by atoms with Crippen molar-refractivity contribution in [1.29, 1.82) is 0 Å². The van der Waals surface area contributed by atoms with Crippen LogP contribution in [-0.4, -0.2) is 32.7 Å². The monoisotopic (exact) mass is 398 g/mol. The maximum absolute atomic E-state index is 13.1. The first-order valence-electron chi connectivity index (χ1n) is 8.25. The molecule has 1 aromatic heterocycles. The number of aromatic amines is 1. The molecule has 0 atom stereocenters. The van der Waals surface area contributed by atoms with E-state index in [0.717, 1.165) is 18.2 Å². The molecule has 0 bridgehead atoms. The number of phenols is 1. The van der Waals surface area contributed by atoms with Gasteiger partial charge < -0.3 is 14.9 Å². The summed E-state index contributed by atoms with van der Waals surface area (Å²) in [6.45, 7) is 0. The van der Waals surface area contributed by atoms with Gasteiger partial charge in [-0.15, -0.1) is 0 Å². The van der Waals surface area contributed by atoms with Gasteiger partial charge in [0.2, 0.25) is 5.88 Å². The second-order valence-corrected chi connectivity index (χ2v) is 5.90. The van der Waals surface area contributed by atoms with E-state index in [9.17, 15) is 29.0 Å². The van der Waals surface area contributed by atoms with Crippen LogP contribution in [0.25, 0.3) is 11.8 Å². The third-order valence-corrected chi connectivity index (χ3v) is 4.05. The molecular formula is C20H15FN2O6. The van der Waals surface area contributed by atoms with Crippen LogP contribution in [0.5, 0.6) is 17.4 Å². The predicted octanol–water partition coefficient (Wildman–Crippen LogP) is 1.98. The first-order valence-corrected chi connectivity index (χ1v) is 8.25. The number of hydrogen-bond acceptors (Lipinski definition) is 6. The van der Waals surface area contributed by atoms with Crippen molar-refractivity contribution in [2.24, 2.45) is 0 Å². The average Bonchev–Trinajstić information content (AvgIpc) is 2.68. The molecule has 29 heavy (non-hydrogen) atoms. The highest BCUT2D eigenvalue weighted by Gasteiger charge is 2.20. The number of carbonyl (C=O) groups is 1. The molecule has 0 saturated heterocycles. The minimum Gasteiger partial charge on any atom is -0.504 e. The van der Waals surface area contributed by atoms with Crippen molar-refractivity contribution in [3.63, 3.8) is 0 Å². The maximum Gasteiger partial charge on any atom is 0.335 e. The van der Waals surface area contributed by atoms with Crippen LogP contribution in [0.2, 0.25) is 0 Å². The number of rotatable bonds is 5. The van der Waals surface area contributed by atoms with Gasteiger partial charge in [0.15, 0.2) is 17.3 Å². The van der Waals surface area contributed by atoms with Gasteiger partial charge in [0.25, 0.3) is 5.56 Å². The molecule has 148 valence electrons. The minimum absolute atomic E-state index is 0.0615. The summed E-state index contributed by atoms with van der Waals surface area (Å²) in [6, 6.07) is 8.87. The molecule has 3 aromatic rings. The standard InChI is InChI=1S/C20H15FN2O6/c1-29-16-10-11(2-8-14(16)24)3-9-15(25)17-18(26)22-20(28)23(19(17)27)13-6-4-12(21)5-7-13/h2-10,24,27H,1H3,(H,22,26,28). The summed E-state index contributed by atoms with van der Waals surface area (Å²) in [5, 5.41) is 20.0. The zero-order chi connectivity index (χ0) is 21.1. The van der Waals surface area contributed by atoms with Crippen LogP contribution in [0.15, 0.2) is 58.1 Å². The summed E-state index contributed by atoms with van der Waals surface area (Å²) >= 11 is 0. The summed E-state index contributed by atoms with van der Waals surface area (Å²) < 4.78 is 18.8. The maximum atomic E-state index is 13.1. The van der Waals surface area contributed by atoms with E-state index in [-0.39, 0.29) is 17.2 Å². The molecule has 1 heterocycles. The molecule has 0 unspecified atom stereocenters. The van der Waals surface area contributed by atoms with Crippen LogP contribution in [-0.2, 0) is 0 Å². The van der Waals surface area contributed by atoms with Gasteiger partial charge in [-0.1, -0.05) is 12.1 Å². The molecule has 0 aliphatic carbocycles. The van der Waals surface area contributed by atoms with E-state index in [1.807, 2.05) is 4.98 Å². The Labute approximate surface area is 162 Å². The molecule has 9 heteroatoms. The van der Waals surface area contributed by atoms with E-state index in [2.05, 4.69) is 0 Å². The Morgan fingerprint density at radius 1 is 1.14 bits per heavy atom. The third-order valence-electron chi connectivity index (χ3n) is 4.05. The number of methoxy groups -OCH3 is 1. The molecule has 0 fully saturated rings. The van der Waals surface area contributed by atoms with Crippen molar-refractivity contribution in [2.75, 3.05) is 7.11 Å². The number of H-pyrrole nitrogens is 1. The second-order valence-electron chi connectivity index (χ2n) is 5.90. The number of benzene rings is 2. The summed E-state index contributed by atoms with van der Waals surface area (Å²) in [5.41, 5.74) is -2.16. The topological polar surface area (TPSA) is 122 Å². The summed E-state index contributed by atoms with van der Waals surface area (Å²) in [6.07, 6.45) is 2.37. The predicted molar refractivity (Wildman–Crippen MR) is 102 cm³/mol. The van der Waals surface area contributed by atoms with Gasteiger partial charge >= 0.3 is 5.69 Å². The van der Waals surface area contributed by atoms with Gasteiger partial charge in [-0.25, -0.2) is 13.8 Å². The number of nitrogens with one attached hydrogen (secondary N) is 1. The van der Waals surface area contributed by atoms with Crippen molar-refractivity contribution in [1.82, 2.24) is 9.55 Å². The number of aromatic hydroxyl groups is 2. The van der Waals surface area contributed by atoms with Crippen LogP contribution >= 0.6 is 0 Å². The van der Waals surface area contributed by atoms with E-state index in [1.165, 1.54) is 43.5 Å². The van der Waals surface area contributed by atoms with E-state index in [1.54, 1.807) is 0 Å². The highest BCUT2D eigenvalue weighted by molar-refractivity contribution is 6.08. The van der Waals surface area contributed by atoms with Crippen LogP contribution in [0.4, 0.5) is 4.39 Å². The first kappa shape index (κ1) is 19.6. The Bertz CT molecular complexity index is 1230. The molecule has 3 N–H and O–H groups in total. The largest absolute Gasteiger partial charge is 0.504 e. The molecule has 0 amide bonds. The Balaban J connectivity index is 2.03. The van der Waals surface area contributed by atoms with Crippen LogP contribution < -0.4 is 16.0 Å². The van der Waals surface area contributed by atoms with Crippen LogP contribution in [0.1, 0.15) is 15.9 Å². The fraction of sp³-hybridized carbons (Fsp3) is 0.0500. The molecule has 0 aliphatic heterocycles. The SMILES string of the molecule is COc1cc(C=CC(=O)c2c(O)n(-c3ccc(F)cc3)c(=O)[nH]c2=O)ccc1O. The number of allylic oxidation sites excluding steroid dienone is 1. The molecule has 8 nitrogen and oxygen atoms in total. The number of hydrogen-bond donors (Lipinski definition) is 3. The van der Waals surface area contributed by atoms with E-state index < -0.39 is 34.3 Å². The lowest BCUT2D eigenvalue weighted by Crippen LogP contribution is -2.32. The first-order chi connectivity index (χ1) is 13.8. The zero-order valence-electron chi connectivity index (χ0n) is 15.0. The number of phenolic OH excluding ortho intramolecular Hbond substituents is 1. The summed E-state index contributed by atoms with van der Waals surface area (Å²) in [7, 11) is 1.37. The Morgan fingerprint density at radius 3 is 2.48 bits per heavy atom. The smallest absolute Gasteiger partial charge is 0.335 e. The Hall–Kier alpha value is -4.14. The number of ketones is 1. The van der Waals surface area contributed by atoms with E-state index in [4.69, 9.17) is 4.74 Å². The molecule has 0 spiro atoms. The second kappa shape index (κ2) is 7.85. The summed E-state index contributed by atoms with van der Waals surface area (Å²) in [4.78, 5) is 38.7. The Morgan fingerprint density at radius 2 is 1.83 bits per heavy atom. The lowest BCUT2D eigenvalue weighted by molar-refractivity contribution is 0.104. The van der Waals surface area contributed by atoms with E-state index >= 15 is 0 Å². The molecular weight excluding hydrogens is 383 g/mol. The minimum atomic E-state index is -1.07. The van der Waals surface area contributed by atoms with E-state index in [0.29, 0.717) is 10.1 Å².